The van der Waals surface area contributed by atoms with Crippen LogP contribution >= 0.6 is 0 Å². The molecule has 14 nitrogen and oxygen atoms in total. The topological polar surface area (TPSA) is 211 Å². The molecular weight excluding hydrogens is 530 g/mol. The van der Waals surface area contributed by atoms with E-state index in [4.69, 9.17) is 0 Å². The summed E-state index contributed by atoms with van der Waals surface area (Å²) in [7, 11) is -8.65. The third kappa shape index (κ3) is 5.46. The van der Waals surface area contributed by atoms with E-state index in [9.17, 15) is 42.3 Å². The lowest BCUT2D eigenvalue weighted by Crippen LogP contribution is -2.40. The fourth-order valence-electron chi connectivity index (χ4n) is 3.88. The molecule has 0 amide bonds. The van der Waals surface area contributed by atoms with E-state index in [-0.39, 0.29) is 22.3 Å². The molecule has 3 rings (SSSR count). The molecule has 1 aliphatic carbocycles. The molecule has 16 heteroatoms. The highest BCUT2D eigenvalue weighted by molar-refractivity contribution is 7.89. The van der Waals surface area contributed by atoms with Crippen molar-refractivity contribution in [3.8, 4) is 11.1 Å². The lowest BCUT2D eigenvalue weighted by atomic mass is 10.0. The molecule has 0 heterocycles. The molecule has 0 saturated heterocycles. The molecule has 0 spiro atoms. The van der Waals surface area contributed by atoms with Gasteiger partial charge in [-0.1, -0.05) is 5.16 Å². The Hall–Kier alpha value is -3.47. The maximum atomic E-state index is 13.0. The van der Waals surface area contributed by atoms with Crippen LogP contribution in [-0.2, 0) is 20.0 Å². The highest BCUT2D eigenvalue weighted by atomic mass is 32.2. The van der Waals surface area contributed by atoms with Gasteiger partial charge in [-0.2, -0.15) is 0 Å². The maximum Gasteiger partial charge on any atom is 0.279 e. The number of nitrogens with zero attached hydrogens (tertiary/aromatic N) is 3. The number of benzene rings is 2. The Balaban J connectivity index is 2.43. The van der Waals surface area contributed by atoms with Crippen molar-refractivity contribution < 1.29 is 31.9 Å². The van der Waals surface area contributed by atoms with Crippen LogP contribution in [0, 0.1) is 20.2 Å². The number of hydrogen-bond donors (Lipinski definition) is 3. The van der Waals surface area contributed by atoms with Gasteiger partial charge in [0.2, 0.25) is 20.0 Å². The summed E-state index contributed by atoms with van der Waals surface area (Å²) >= 11 is 0. The summed E-state index contributed by atoms with van der Waals surface area (Å²) in [5.41, 5.74) is -5.31. The average Bonchev–Trinajstić information content (AvgIpc) is 3.02. The summed E-state index contributed by atoms with van der Waals surface area (Å²) < 4.78 is 56.5. The molecule has 200 valence electrons. The zero-order chi connectivity index (χ0) is 28.3. The van der Waals surface area contributed by atoms with Crippen LogP contribution < -0.4 is 9.44 Å². The van der Waals surface area contributed by atoms with E-state index in [1.165, 1.54) is 0 Å². The maximum absolute atomic E-state index is 13.0. The third-order valence-corrected chi connectivity index (χ3v) is 8.41. The average molecular weight is 556 g/mol. The van der Waals surface area contributed by atoms with Gasteiger partial charge < -0.3 is 5.21 Å². The van der Waals surface area contributed by atoms with E-state index in [1.54, 1.807) is 41.5 Å². The van der Waals surface area contributed by atoms with Crippen molar-refractivity contribution in [2.24, 2.45) is 5.16 Å². The van der Waals surface area contributed by atoms with E-state index in [0.717, 1.165) is 24.3 Å². The molecule has 0 unspecified atom stereocenters. The van der Waals surface area contributed by atoms with Gasteiger partial charge >= 0.3 is 0 Å². The first-order chi connectivity index (χ1) is 16.7. The van der Waals surface area contributed by atoms with Crippen LogP contribution in [0.4, 0.5) is 11.4 Å². The second-order valence-electron chi connectivity index (χ2n) is 10.4. The highest BCUT2D eigenvalue weighted by Crippen LogP contribution is 2.49. The molecule has 0 aliphatic heterocycles. The molecule has 0 fully saturated rings. The van der Waals surface area contributed by atoms with Crippen molar-refractivity contribution in [1.82, 2.24) is 9.44 Å². The van der Waals surface area contributed by atoms with Crippen LogP contribution in [0.2, 0.25) is 0 Å². The summed E-state index contributed by atoms with van der Waals surface area (Å²) in [6.07, 6.45) is 0. The first-order valence-corrected chi connectivity index (χ1v) is 13.6. The van der Waals surface area contributed by atoms with Gasteiger partial charge in [-0.3, -0.25) is 20.2 Å². The Labute approximate surface area is 212 Å². The van der Waals surface area contributed by atoms with E-state index in [0.29, 0.717) is 0 Å². The second-order valence-corrected chi connectivity index (χ2v) is 13.8. The number of nitro benzene ring substituents is 2. The Morgan fingerprint density at radius 3 is 1.30 bits per heavy atom. The van der Waals surface area contributed by atoms with Gasteiger partial charge in [0.05, 0.1) is 30.8 Å². The number of sulfonamides is 2. The van der Waals surface area contributed by atoms with Crippen LogP contribution in [-0.4, -0.2) is 48.7 Å². The largest absolute Gasteiger partial charge is 0.410 e. The van der Waals surface area contributed by atoms with Crippen LogP contribution in [0.1, 0.15) is 52.7 Å². The Bertz CT molecular complexity index is 1470. The van der Waals surface area contributed by atoms with Gasteiger partial charge in [-0.25, -0.2) is 26.3 Å². The van der Waals surface area contributed by atoms with E-state index < -0.39 is 67.8 Å². The minimum atomic E-state index is -4.32. The van der Waals surface area contributed by atoms with Crippen molar-refractivity contribution in [1.29, 1.82) is 0 Å². The lowest BCUT2D eigenvalue weighted by molar-refractivity contribution is -0.386. The monoisotopic (exact) mass is 555 g/mol. The Morgan fingerprint density at radius 1 is 0.730 bits per heavy atom. The summed E-state index contributed by atoms with van der Waals surface area (Å²) in [4.78, 5) is 21.1. The van der Waals surface area contributed by atoms with E-state index in [2.05, 4.69) is 14.6 Å². The predicted molar refractivity (Wildman–Crippen MR) is 133 cm³/mol. The first-order valence-electron chi connectivity index (χ1n) is 10.6. The minimum absolute atomic E-state index is 0.289. The molecular formula is C21H25N5O9S2. The summed E-state index contributed by atoms with van der Waals surface area (Å²) in [5.74, 6) is 0. The minimum Gasteiger partial charge on any atom is -0.410 e. The number of fused-ring (bicyclic) bond motifs is 3. The molecule has 2 aromatic carbocycles. The quantitative estimate of drug-likeness (QED) is 0.231. The van der Waals surface area contributed by atoms with Crippen LogP contribution in [0.25, 0.3) is 11.1 Å². The standard InChI is InChI=1S/C21H25N5O9S2/c1-20(2,3)23-36(32,33)11-7-13-17(15(9-11)25(28)29)18-14(19(13)22-27)8-12(10-16(18)26(30)31)37(34,35)24-21(4,5)6/h7-10,23-24,27H,1-6H3. The van der Waals surface area contributed by atoms with Crippen LogP contribution in [0.3, 0.4) is 0 Å². The Kier molecular flexibility index (Phi) is 6.71. The molecule has 37 heavy (non-hydrogen) atoms. The van der Waals surface area contributed by atoms with Crippen LogP contribution in [0.5, 0.6) is 0 Å². The highest BCUT2D eigenvalue weighted by Gasteiger charge is 2.41. The zero-order valence-corrected chi connectivity index (χ0v) is 22.3. The third-order valence-electron chi connectivity index (χ3n) is 4.94. The SMILES string of the molecule is CC(C)(C)NS(=O)(=O)c1cc2c(c([N+](=O)[O-])c1)-c1c(cc(S(=O)(=O)NC(C)(C)C)cc1[N+](=O)[O-])C2=NO. The van der Waals surface area contributed by atoms with Crippen molar-refractivity contribution in [3.05, 3.63) is 55.6 Å². The molecule has 2 aromatic rings. The number of hydrogen-bond acceptors (Lipinski definition) is 10. The normalized spacial score (nSPS) is 13.7. The van der Waals surface area contributed by atoms with Crippen molar-refractivity contribution in [3.63, 3.8) is 0 Å². The van der Waals surface area contributed by atoms with Gasteiger partial charge in [0.15, 0.2) is 0 Å². The van der Waals surface area contributed by atoms with Crippen molar-refractivity contribution >= 4 is 37.1 Å². The molecule has 3 N–H and O–H groups in total. The van der Waals surface area contributed by atoms with Crippen molar-refractivity contribution in [2.75, 3.05) is 0 Å². The van der Waals surface area contributed by atoms with E-state index >= 15 is 0 Å². The van der Waals surface area contributed by atoms with Crippen LogP contribution in [0.15, 0.2) is 39.2 Å². The smallest absolute Gasteiger partial charge is 0.279 e. The summed E-state index contributed by atoms with van der Waals surface area (Å²) in [6, 6.07) is 3.45. The second kappa shape index (κ2) is 8.83. The van der Waals surface area contributed by atoms with Gasteiger partial charge in [0.25, 0.3) is 11.4 Å². The Morgan fingerprint density at radius 2 is 1.05 bits per heavy atom. The predicted octanol–water partition coefficient (Wildman–Crippen LogP) is 2.86. The number of rotatable bonds is 6. The lowest BCUT2D eigenvalue weighted by Gasteiger charge is -2.20. The number of nitrogens with one attached hydrogen (secondary N) is 2. The fourth-order valence-corrected chi connectivity index (χ4v) is 6.80. The summed E-state index contributed by atoms with van der Waals surface area (Å²) in [5, 5.41) is 36.9. The zero-order valence-electron chi connectivity index (χ0n) is 20.7. The van der Waals surface area contributed by atoms with Gasteiger partial charge in [0.1, 0.15) is 5.71 Å². The first kappa shape index (κ1) is 28.1. The molecule has 0 aromatic heterocycles. The molecule has 0 radical (unpaired) electrons. The fraction of sp³-hybridized carbons (Fsp3) is 0.381. The number of oxime groups is 1. The van der Waals surface area contributed by atoms with Gasteiger partial charge in [0, 0.05) is 34.3 Å². The summed E-state index contributed by atoms with van der Waals surface area (Å²) in [6.45, 7) is 9.33. The van der Waals surface area contributed by atoms with Gasteiger partial charge in [-0.05, 0) is 53.7 Å². The number of nitro groups is 2. The van der Waals surface area contributed by atoms with Crippen molar-refractivity contribution in [2.45, 2.75) is 62.4 Å². The molecule has 0 saturated carbocycles. The molecule has 0 bridgehead atoms. The molecule has 1 aliphatic rings. The van der Waals surface area contributed by atoms with Gasteiger partial charge in [-0.15, -0.1) is 0 Å². The molecule has 0 atom stereocenters. The van der Waals surface area contributed by atoms with E-state index in [1.807, 2.05) is 0 Å².